The summed E-state index contributed by atoms with van der Waals surface area (Å²) in [5.74, 6) is 0. The van der Waals surface area contributed by atoms with Crippen LogP contribution in [0.15, 0.2) is 24.3 Å². The highest BCUT2D eigenvalue weighted by atomic mass is 15.0. The lowest BCUT2D eigenvalue weighted by molar-refractivity contribution is 0.608. The average Bonchev–Trinajstić information content (AvgIpc) is 2.61. The number of rotatable bonds is 4. The normalized spacial score (nSPS) is 11.6. The number of hydrogen-bond acceptors (Lipinski definition) is 1. The summed E-state index contributed by atoms with van der Waals surface area (Å²) in [6.07, 6.45) is 2.15. The van der Waals surface area contributed by atoms with E-state index in [0.717, 1.165) is 19.4 Å². The van der Waals surface area contributed by atoms with Crippen LogP contribution in [0.5, 0.6) is 0 Å². The fourth-order valence-corrected chi connectivity index (χ4v) is 2.57. The monoisotopic (exact) mass is 230 g/mol. The van der Waals surface area contributed by atoms with E-state index >= 15 is 0 Å². The van der Waals surface area contributed by atoms with Crippen LogP contribution in [0.25, 0.3) is 10.9 Å². The van der Waals surface area contributed by atoms with Gasteiger partial charge >= 0.3 is 0 Å². The topological polar surface area (TPSA) is 30.9 Å². The highest BCUT2D eigenvalue weighted by Gasteiger charge is 2.08. The van der Waals surface area contributed by atoms with Gasteiger partial charge in [0.1, 0.15) is 0 Å². The van der Waals surface area contributed by atoms with Gasteiger partial charge in [0.25, 0.3) is 0 Å². The number of nitrogens with two attached hydrogens (primary N) is 1. The second kappa shape index (κ2) is 4.92. The Morgan fingerprint density at radius 1 is 1.24 bits per heavy atom. The van der Waals surface area contributed by atoms with Crippen molar-refractivity contribution in [1.29, 1.82) is 0 Å². The Bertz CT molecular complexity index is 509. The molecular formula is C15H22N2. The van der Waals surface area contributed by atoms with Gasteiger partial charge in [-0.15, -0.1) is 0 Å². The molecule has 0 spiro atoms. The smallest absolute Gasteiger partial charge is 0.0485 e. The third-order valence-corrected chi connectivity index (χ3v) is 3.28. The molecule has 0 aliphatic rings. The van der Waals surface area contributed by atoms with E-state index < -0.39 is 0 Å². The third-order valence-electron chi connectivity index (χ3n) is 3.28. The molecule has 0 fully saturated rings. The first kappa shape index (κ1) is 12.2. The van der Waals surface area contributed by atoms with Gasteiger partial charge in [0, 0.05) is 22.6 Å². The Balaban J connectivity index is 2.43. The van der Waals surface area contributed by atoms with E-state index in [4.69, 9.17) is 5.73 Å². The molecule has 0 unspecified atom stereocenters. The van der Waals surface area contributed by atoms with Crippen LogP contribution in [0.2, 0.25) is 0 Å². The minimum absolute atomic E-state index is 0.516. The van der Waals surface area contributed by atoms with Gasteiger partial charge in [-0.2, -0.15) is 0 Å². The maximum absolute atomic E-state index is 5.55. The summed E-state index contributed by atoms with van der Waals surface area (Å²) >= 11 is 0. The Labute approximate surface area is 103 Å². The van der Waals surface area contributed by atoms with Crippen LogP contribution in [0.1, 0.15) is 37.6 Å². The van der Waals surface area contributed by atoms with Crippen molar-refractivity contribution in [1.82, 2.24) is 4.57 Å². The van der Waals surface area contributed by atoms with E-state index in [9.17, 15) is 0 Å². The fourth-order valence-electron chi connectivity index (χ4n) is 2.57. The molecule has 1 aromatic heterocycles. The molecule has 0 atom stereocenters. The summed E-state index contributed by atoms with van der Waals surface area (Å²) in [4.78, 5) is 0. The Hall–Kier alpha value is -1.28. The second-order valence-electron chi connectivity index (χ2n) is 5.03. The van der Waals surface area contributed by atoms with Gasteiger partial charge < -0.3 is 10.3 Å². The molecular weight excluding hydrogens is 208 g/mol. The maximum Gasteiger partial charge on any atom is 0.0485 e. The molecule has 1 aromatic carbocycles. The van der Waals surface area contributed by atoms with Gasteiger partial charge in [-0.25, -0.2) is 0 Å². The van der Waals surface area contributed by atoms with Crippen molar-refractivity contribution < 1.29 is 0 Å². The quantitative estimate of drug-likeness (QED) is 0.857. The highest BCUT2D eigenvalue weighted by Crippen LogP contribution is 2.25. The predicted molar refractivity (Wildman–Crippen MR) is 74.4 cm³/mol. The van der Waals surface area contributed by atoms with Crippen LogP contribution in [0, 0.1) is 6.92 Å². The van der Waals surface area contributed by atoms with Gasteiger partial charge in [0.15, 0.2) is 0 Å². The molecule has 0 aliphatic heterocycles. The molecule has 0 saturated heterocycles. The van der Waals surface area contributed by atoms with E-state index in [-0.39, 0.29) is 0 Å². The van der Waals surface area contributed by atoms with Crippen LogP contribution >= 0.6 is 0 Å². The molecule has 0 saturated carbocycles. The van der Waals surface area contributed by atoms with Crippen molar-refractivity contribution in [2.24, 2.45) is 5.73 Å². The van der Waals surface area contributed by atoms with Crippen molar-refractivity contribution in [2.45, 2.75) is 39.7 Å². The molecule has 2 aromatic rings. The first-order valence-electron chi connectivity index (χ1n) is 6.44. The first-order valence-corrected chi connectivity index (χ1v) is 6.44. The summed E-state index contributed by atoms with van der Waals surface area (Å²) in [5.41, 5.74) is 9.63. The van der Waals surface area contributed by atoms with E-state index in [1.807, 2.05) is 0 Å². The zero-order valence-corrected chi connectivity index (χ0v) is 11.0. The van der Waals surface area contributed by atoms with Gasteiger partial charge in [0.2, 0.25) is 0 Å². The molecule has 1 heterocycles. The zero-order chi connectivity index (χ0) is 12.4. The number of aryl methyl sites for hydroxylation is 2. The van der Waals surface area contributed by atoms with Crippen LogP contribution in [0.3, 0.4) is 0 Å². The van der Waals surface area contributed by atoms with Gasteiger partial charge in [-0.3, -0.25) is 0 Å². The van der Waals surface area contributed by atoms with Crippen molar-refractivity contribution in [2.75, 3.05) is 6.54 Å². The Morgan fingerprint density at radius 3 is 2.65 bits per heavy atom. The molecule has 2 nitrogen and oxygen atoms in total. The van der Waals surface area contributed by atoms with E-state index in [1.165, 1.54) is 22.2 Å². The highest BCUT2D eigenvalue weighted by molar-refractivity contribution is 5.82. The van der Waals surface area contributed by atoms with Gasteiger partial charge in [0.05, 0.1) is 0 Å². The van der Waals surface area contributed by atoms with E-state index in [0.29, 0.717) is 6.04 Å². The molecule has 0 amide bonds. The van der Waals surface area contributed by atoms with Gasteiger partial charge in [-0.05, 0) is 63.9 Å². The molecule has 92 valence electrons. The fraction of sp³-hybridized carbons (Fsp3) is 0.467. The molecule has 0 aliphatic carbocycles. The van der Waals surface area contributed by atoms with Crippen LogP contribution < -0.4 is 5.73 Å². The molecule has 17 heavy (non-hydrogen) atoms. The van der Waals surface area contributed by atoms with Crippen molar-refractivity contribution in [3.63, 3.8) is 0 Å². The summed E-state index contributed by atoms with van der Waals surface area (Å²) in [6.45, 7) is 7.41. The molecule has 2 heteroatoms. The summed E-state index contributed by atoms with van der Waals surface area (Å²) in [5, 5.41) is 1.35. The Kier molecular flexibility index (Phi) is 3.53. The van der Waals surface area contributed by atoms with Crippen molar-refractivity contribution in [3.8, 4) is 0 Å². The number of aromatic nitrogens is 1. The molecule has 2 N–H and O–H groups in total. The number of hydrogen-bond donors (Lipinski definition) is 1. The van der Waals surface area contributed by atoms with Crippen LogP contribution in [0.4, 0.5) is 0 Å². The third kappa shape index (κ3) is 2.37. The molecule has 2 rings (SSSR count). The summed E-state index contributed by atoms with van der Waals surface area (Å²) in [6, 6.07) is 9.57. The van der Waals surface area contributed by atoms with Crippen molar-refractivity contribution >= 4 is 10.9 Å². The Morgan fingerprint density at radius 2 is 2.00 bits per heavy atom. The number of nitrogens with zero attached hydrogens (tertiary/aromatic N) is 1. The average molecular weight is 230 g/mol. The molecule has 0 radical (unpaired) electrons. The SMILES string of the molecule is Cc1cc2cc(CCCN)ccc2n1C(C)C. The standard InChI is InChI=1S/C15H22N2/c1-11(2)17-12(3)9-14-10-13(5-4-8-16)6-7-15(14)17/h6-7,9-11H,4-5,8,16H2,1-3H3. The second-order valence-corrected chi connectivity index (χ2v) is 5.03. The van der Waals surface area contributed by atoms with E-state index in [1.54, 1.807) is 0 Å². The maximum atomic E-state index is 5.55. The minimum atomic E-state index is 0.516. The van der Waals surface area contributed by atoms with Crippen molar-refractivity contribution in [3.05, 3.63) is 35.5 Å². The van der Waals surface area contributed by atoms with Crippen LogP contribution in [-0.2, 0) is 6.42 Å². The minimum Gasteiger partial charge on any atom is -0.342 e. The summed E-state index contributed by atoms with van der Waals surface area (Å²) in [7, 11) is 0. The molecule has 0 bridgehead atoms. The van der Waals surface area contributed by atoms with E-state index in [2.05, 4.69) is 49.6 Å². The summed E-state index contributed by atoms with van der Waals surface area (Å²) < 4.78 is 2.39. The lowest BCUT2D eigenvalue weighted by Gasteiger charge is -2.12. The predicted octanol–water partition coefficient (Wildman–Crippen LogP) is 3.42. The number of fused-ring (bicyclic) bond motifs is 1. The number of benzene rings is 1. The van der Waals surface area contributed by atoms with Gasteiger partial charge in [-0.1, -0.05) is 6.07 Å². The lowest BCUT2D eigenvalue weighted by Crippen LogP contribution is -2.02. The van der Waals surface area contributed by atoms with Crippen LogP contribution in [-0.4, -0.2) is 11.1 Å². The lowest BCUT2D eigenvalue weighted by atomic mass is 10.1. The first-order chi connectivity index (χ1) is 8.13. The largest absolute Gasteiger partial charge is 0.342 e. The zero-order valence-electron chi connectivity index (χ0n) is 11.0.